The molecule has 0 aromatic heterocycles. The van der Waals surface area contributed by atoms with Crippen molar-refractivity contribution in [2.24, 2.45) is 0 Å². The van der Waals surface area contributed by atoms with E-state index in [1.807, 2.05) is 12.1 Å². The van der Waals surface area contributed by atoms with Crippen LogP contribution in [-0.2, 0) is 0 Å². The molecule has 0 aliphatic carbocycles. The fraction of sp³-hybridized carbons (Fsp3) is 0. The van der Waals surface area contributed by atoms with Gasteiger partial charge < -0.3 is 0 Å². The van der Waals surface area contributed by atoms with E-state index in [-0.39, 0.29) is 5.82 Å². The monoisotopic (exact) mass is 366 g/mol. The molecule has 82 valence electrons. The average molecular weight is 367 g/mol. The Balaban J connectivity index is 2.58. The van der Waals surface area contributed by atoms with Crippen molar-refractivity contribution in [3.8, 4) is 11.1 Å². The summed E-state index contributed by atoms with van der Waals surface area (Å²) in [7, 11) is 0. The van der Waals surface area contributed by atoms with Gasteiger partial charge in [0, 0.05) is 13.6 Å². The molecule has 0 aliphatic heterocycles. The van der Waals surface area contributed by atoms with Crippen LogP contribution in [0.4, 0.5) is 4.39 Å². The minimum Gasteiger partial charge on any atom is -0.207 e. The van der Waals surface area contributed by atoms with Gasteiger partial charge in [0.2, 0.25) is 0 Å². The molecule has 0 amide bonds. The van der Waals surface area contributed by atoms with Gasteiger partial charge in [0.1, 0.15) is 5.82 Å². The van der Waals surface area contributed by atoms with Crippen LogP contribution in [0.25, 0.3) is 11.1 Å². The SMILES string of the molecule is Fc1ccc(-c2cc(Cl)cc(Cl)c2)c(I)c1. The second-order valence-corrected chi connectivity index (χ2v) is 5.32. The first kappa shape index (κ1) is 12.1. The Morgan fingerprint density at radius 3 is 2.12 bits per heavy atom. The molecule has 4 heteroatoms. The maximum atomic E-state index is 13.0. The summed E-state index contributed by atoms with van der Waals surface area (Å²) in [6, 6.07) is 9.91. The van der Waals surface area contributed by atoms with E-state index in [0.717, 1.165) is 14.7 Å². The van der Waals surface area contributed by atoms with Crippen LogP contribution in [-0.4, -0.2) is 0 Å². The molecule has 0 aliphatic rings. The van der Waals surface area contributed by atoms with Crippen molar-refractivity contribution in [1.29, 1.82) is 0 Å². The smallest absolute Gasteiger partial charge is 0.124 e. The Kier molecular flexibility index (Phi) is 3.72. The third kappa shape index (κ3) is 2.67. The molecule has 0 saturated heterocycles. The van der Waals surface area contributed by atoms with E-state index in [4.69, 9.17) is 23.2 Å². The maximum absolute atomic E-state index is 13.0. The molecule has 0 saturated carbocycles. The van der Waals surface area contributed by atoms with Gasteiger partial charge >= 0.3 is 0 Å². The van der Waals surface area contributed by atoms with Gasteiger partial charge in [-0.3, -0.25) is 0 Å². The summed E-state index contributed by atoms with van der Waals surface area (Å²) in [5.74, 6) is -0.249. The maximum Gasteiger partial charge on any atom is 0.124 e. The number of benzene rings is 2. The molecule has 2 aromatic rings. The van der Waals surface area contributed by atoms with E-state index >= 15 is 0 Å². The Bertz CT molecular complexity index is 520. The summed E-state index contributed by atoms with van der Waals surface area (Å²) in [6.45, 7) is 0. The Hall–Kier alpha value is -0.320. The van der Waals surface area contributed by atoms with Crippen molar-refractivity contribution in [2.45, 2.75) is 0 Å². The van der Waals surface area contributed by atoms with E-state index < -0.39 is 0 Å². The summed E-state index contributed by atoms with van der Waals surface area (Å²) < 4.78 is 13.8. The van der Waals surface area contributed by atoms with Crippen molar-refractivity contribution in [3.63, 3.8) is 0 Å². The van der Waals surface area contributed by atoms with E-state index in [2.05, 4.69) is 22.6 Å². The molecule has 0 radical (unpaired) electrons. The van der Waals surface area contributed by atoms with Gasteiger partial charge in [-0.15, -0.1) is 0 Å². The van der Waals surface area contributed by atoms with Gasteiger partial charge in [0.15, 0.2) is 0 Å². The predicted molar refractivity (Wildman–Crippen MR) is 74.6 cm³/mol. The number of hydrogen-bond donors (Lipinski definition) is 0. The van der Waals surface area contributed by atoms with E-state index in [1.54, 1.807) is 12.1 Å². The molecule has 0 unspecified atom stereocenters. The number of halogens is 4. The van der Waals surface area contributed by atoms with Crippen molar-refractivity contribution < 1.29 is 4.39 Å². The first-order valence-electron chi connectivity index (χ1n) is 4.48. The van der Waals surface area contributed by atoms with E-state index in [1.165, 1.54) is 12.1 Å². The summed E-state index contributed by atoms with van der Waals surface area (Å²) in [5.41, 5.74) is 1.81. The highest BCUT2D eigenvalue weighted by molar-refractivity contribution is 14.1. The lowest BCUT2D eigenvalue weighted by atomic mass is 10.1. The normalized spacial score (nSPS) is 10.5. The Morgan fingerprint density at radius 1 is 0.938 bits per heavy atom. The molecule has 16 heavy (non-hydrogen) atoms. The van der Waals surface area contributed by atoms with Gasteiger partial charge in [0.25, 0.3) is 0 Å². The molecule has 0 spiro atoms. The highest BCUT2D eigenvalue weighted by atomic mass is 127. The van der Waals surface area contributed by atoms with Crippen molar-refractivity contribution in [2.75, 3.05) is 0 Å². The van der Waals surface area contributed by atoms with Crippen LogP contribution in [0.1, 0.15) is 0 Å². The van der Waals surface area contributed by atoms with Crippen molar-refractivity contribution in [1.82, 2.24) is 0 Å². The van der Waals surface area contributed by atoms with Crippen molar-refractivity contribution >= 4 is 45.8 Å². The number of hydrogen-bond acceptors (Lipinski definition) is 0. The van der Waals surface area contributed by atoms with Gasteiger partial charge in [-0.05, 0) is 64.0 Å². The second-order valence-electron chi connectivity index (χ2n) is 3.28. The summed E-state index contributed by atoms with van der Waals surface area (Å²) >= 11 is 13.9. The Morgan fingerprint density at radius 2 is 1.56 bits per heavy atom. The fourth-order valence-corrected chi connectivity index (χ4v) is 2.75. The van der Waals surface area contributed by atoms with Crippen LogP contribution >= 0.6 is 45.8 Å². The standard InChI is InChI=1S/C12H6Cl2FI/c13-8-3-7(4-9(14)5-8)11-2-1-10(15)6-12(11)16/h1-6H. The van der Waals surface area contributed by atoms with Crippen molar-refractivity contribution in [3.05, 3.63) is 55.8 Å². The lowest BCUT2D eigenvalue weighted by Crippen LogP contribution is -1.85. The van der Waals surface area contributed by atoms with Gasteiger partial charge in [0.05, 0.1) is 0 Å². The fourth-order valence-electron chi connectivity index (χ4n) is 1.43. The summed E-state index contributed by atoms with van der Waals surface area (Å²) in [6.07, 6.45) is 0. The summed E-state index contributed by atoms with van der Waals surface area (Å²) in [5, 5.41) is 1.14. The molecule has 0 N–H and O–H groups in total. The van der Waals surface area contributed by atoms with Crippen LogP contribution in [0.15, 0.2) is 36.4 Å². The quantitative estimate of drug-likeness (QED) is 0.592. The zero-order valence-electron chi connectivity index (χ0n) is 7.98. The first-order chi connectivity index (χ1) is 7.56. The zero-order valence-corrected chi connectivity index (χ0v) is 11.6. The third-order valence-corrected chi connectivity index (χ3v) is 3.43. The van der Waals surface area contributed by atoms with E-state index in [0.29, 0.717) is 10.0 Å². The van der Waals surface area contributed by atoms with Gasteiger partial charge in [-0.2, -0.15) is 0 Å². The predicted octanol–water partition coefficient (Wildman–Crippen LogP) is 5.40. The highest BCUT2D eigenvalue weighted by Crippen LogP contribution is 2.30. The van der Waals surface area contributed by atoms with Crippen LogP contribution < -0.4 is 0 Å². The Labute approximate surface area is 117 Å². The third-order valence-electron chi connectivity index (χ3n) is 2.10. The average Bonchev–Trinajstić information content (AvgIpc) is 2.15. The highest BCUT2D eigenvalue weighted by Gasteiger charge is 2.06. The molecule has 0 fully saturated rings. The molecule has 2 rings (SSSR count). The summed E-state index contributed by atoms with van der Waals surface area (Å²) in [4.78, 5) is 0. The largest absolute Gasteiger partial charge is 0.207 e. The van der Waals surface area contributed by atoms with Crippen LogP contribution in [0.3, 0.4) is 0 Å². The zero-order chi connectivity index (χ0) is 11.7. The lowest BCUT2D eigenvalue weighted by Gasteiger charge is -2.06. The molecule has 0 atom stereocenters. The van der Waals surface area contributed by atoms with Crippen LogP contribution in [0, 0.1) is 9.39 Å². The molecular weight excluding hydrogens is 361 g/mol. The van der Waals surface area contributed by atoms with Crippen LogP contribution in [0.2, 0.25) is 10.0 Å². The van der Waals surface area contributed by atoms with Gasteiger partial charge in [-0.25, -0.2) is 4.39 Å². The van der Waals surface area contributed by atoms with E-state index in [9.17, 15) is 4.39 Å². The lowest BCUT2D eigenvalue weighted by molar-refractivity contribution is 0.627. The topological polar surface area (TPSA) is 0 Å². The molecule has 2 aromatic carbocycles. The second kappa shape index (κ2) is 4.90. The molecule has 0 heterocycles. The van der Waals surface area contributed by atoms with Gasteiger partial charge in [-0.1, -0.05) is 29.3 Å². The molecular formula is C12H6Cl2FI. The first-order valence-corrected chi connectivity index (χ1v) is 6.31. The minimum atomic E-state index is -0.249. The van der Waals surface area contributed by atoms with Crippen LogP contribution in [0.5, 0.6) is 0 Å². The minimum absolute atomic E-state index is 0.249. The molecule has 0 nitrogen and oxygen atoms in total. The number of rotatable bonds is 1. The molecule has 0 bridgehead atoms.